The van der Waals surface area contributed by atoms with E-state index in [1.807, 2.05) is 20.8 Å². The summed E-state index contributed by atoms with van der Waals surface area (Å²) in [5, 5.41) is 13.3. The van der Waals surface area contributed by atoms with Gasteiger partial charge in [-0.3, -0.25) is 14.4 Å². The van der Waals surface area contributed by atoms with Gasteiger partial charge in [-0.15, -0.1) is 0 Å². The molecule has 2 aliphatic rings. The molecule has 1 aliphatic heterocycles. The second-order valence-electron chi connectivity index (χ2n) is 10.9. The Morgan fingerprint density at radius 3 is 2.35 bits per heavy atom. The van der Waals surface area contributed by atoms with E-state index in [1.165, 1.54) is 10.7 Å². The zero-order chi connectivity index (χ0) is 27.0. The Kier molecular flexibility index (Phi) is 7.59. The summed E-state index contributed by atoms with van der Waals surface area (Å²) in [5.74, 6) is 0.00596. The second kappa shape index (κ2) is 10.4. The van der Waals surface area contributed by atoms with E-state index in [9.17, 15) is 22.8 Å². The Bertz CT molecular complexity index is 1130. The van der Waals surface area contributed by atoms with Crippen LogP contribution in [0.25, 0.3) is 10.9 Å². The molecular weight excluding hydrogens is 489 g/mol. The lowest BCUT2D eigenvalue weighted by atomic mass is 9.88. The van der Waals surface area contributed by atoms with Crippen LogP contribution in [0.4, 0.5) is 23.8 Å². The van der Waals surface area contributed by atoms with E-state index < -0.39 is 17.3 Å². The highest BCUT2D eigenvalue weighted by Crippen LogP contribution is 2.33. The fraction of sp³-hybridized carbons (Fsp3) is 0.640. The largest absolute Gasteiger partial charge is 0.444 e. The second-order valence-corrected chi connectivity index (χ2v) is 10.9. The number of carbonyl (C=O) groups is 2. The minimum Gasteiger partial charge on any atom is -0.444 e. The SMILES string of the molecule is Cn1nc(NCC(=O)NC2CN(C3CCC(NC(=O)OC(C)(C)C)CC3)C2)c2cc(C(F)(F)F)ccc21. The summed E-state index contributed by atoms with van der Waals surface area (Å²) in [4.78, 5) is 26.8. The van der Waals surface area contributed by atoms with E-state index in [-0.39, 0.29) is 36.4 Å². The molecular formula is C25H35F3N6O3. The van der Waals surface area contributed by atoms with Gasteiger partial charge in [0.05, 0.1) is 23.7 Å². The van der Waals surface area contributed by atoms with Crippen LogP contribution in [0.3, 0.4) is 0 Å². The molecule has 0 radical (unpaired) electrons. The molecule has 0 unspecified atom stereocenters. The number of fused-ring (bicyclic) bond motifs is 1. The summed E-state index contributed by atoms with van der Waals surface area (Å²) >= 11 is 0. The van der Waals surface area contributed by atoms with Crippen molar-refractivity contribution in [2.45, 2.75) is 76.4 Å². The molecule has 2 fully saturated rings. The number of rotatable bonds is 6. The predicted molar refractivity (Wildman–Crippen MR) is 133 cm³/mol. The highest BCUT2D eigenvalue weighted by molar-refractivity contribution is 5.92. The van der Waals surface area contributed by atoms with Crippen molar-refractivity contribution in [2.24, 2.45) is 7.05 Å². The van der Waals surface area contributed by atoms with E-state index in [2.05, 4.69) is 25.9 Å². The first-order chi connectivity index (χ1) is 17.3. The number of aromatic nitrogens is 2. The van der Waals surface area contributed by atoms with Gasteiger partial charge in [-0.1, -0.05) is 0 Å². The van der Waals surface area contributed by atoms with Crippen molar-refractivity contribution in [3.05, 3.63) is 23.8 Å². The molecule has 0 bridgehead atoms. The van der Waals surface area contributed by atoms with Crippen LogP contribution in [0.5, 0.6) is 0 Å². The zero-order valence-electron chi connectivity index (χ0n) is 21.6. The first-order valence-corrected chi connectivity index (χ1v) is 12.6. The average molecular weight is 525 g/mol. The molecule has 12 heteroatoms. The van der Waals surface area contributed by atoms with Gasteiger partial charge in [-0.25, -0.2) is 4.79 Å². The molecule has 1 saturated heterocycles. The smallest absolute Gasteiger partial charge is 0.416 e. The number of nitrogens with one attached hydrogen (secondary N) is 3. The van der Waals surface area contributed by atoms with E-state index in [0.29, 0.717) is 16.9 Å². The lowest BCUT2D eigenvalue weighted by Gasteiger charge is -2.46. The molecule has 2 aromatic rings. The van der Waals surface area contributed by atoms with Gasteiger partial charge >= 0.3 is 12.3 Å². The Labute approximate surface area is 214 Å². The minimum atomic E-state index is -4.46. The Morgan fingerprint density at radius 1 is 1.05 bits per heavy atom. The van der Waals surface area contributed by atoms with Gasteiger partial charge in [0, 0.05) is 37.6 Å². The number of hydrogen-bond donors (Lipinski definition) is 3. The number of aryl methyl sites for hydroxylation is 1. The number of hydrogen-bond acceptors (Lipinski definition) is 6. The number of likely N-dealkylation sites (tertiary alicyclic amines) is 1. The predicted octanol–water partition coefficient (Wildman–Crippen LogP) is 3.64. The van der Waals surface area contributed by atoms with Crippen molar-refractivity contribution in [1.82, 2.24) is 25.3 Å². The highest BCUT2D eigenvalue weighted by Gasteiger charge is 2.36. The molecule has 1 aliphatic carbocycles. The molecule has 1 aromatic carbocycles. The summed E-state index contributed by atoms with van der Waals surface area (Å²) in [7, 11) is 1.64. The summed E-state index contributed by atoms with van der Waals surface area (Å²) in [6.07, 6.45) is -1.13. The van der Waals surface area contributed by atoms with Gasteiger partial charge in [0.15, 0.2) is 5.82 Å². The molecule has 2 amide bonds. The van der Waals surface area contributed by atoms with Gasteiger partial charge < -0.3 is 20.7 Å². The third kappa shape index (κ3) is 6.85. The third-order valence-electron chi connectivity index (χ3n) is 6.80. The van der Waals surface area contributed by atoms with Gasteiger partial charge in [0.1, 0.15) is 5.60 Å². The highest BCUT2D eigenvalue weighted by atomic mass is 19.4. The van der Waals surface area contributed by atoms with Crippen LogP contribution in [0.15, 0.2) is 18.2 Å². The van der Waals surface area contributed by atoms with Crippen LogP contribution in [0, 0.1) is 0 Å². The maximum absolute atomic E-state index is 13.1. The topological polar surface area (TPSA) is 101 Å². The number of carbonyl (C=O) groups excluding carboxylic acids is 2. The van der Waals surface area contributed by atoms with E-state index in [1.54, 1.807) is 7.05 Å². The molecule has 1 aromatic heterocycles. The van der Waals surface area contributed by atoms with Gasteiger partial charge in [0.2, 0.25) is 5.91 Å². The van der Waals surface area contributed by atoms with E-state index >= 15 is 0 Å². The molecule has 4 rings (SSSR count). The quantitative estimate of drug-likeness (QED) is 0.534. The third-order valence-corrected chi connectivity index (χ3v) is 6.80. The summed E-state index contributed by atoms with van der Waals surface area (Å²) in [6.45, 7) is 6.94. The normalized spacial score (nSPS) is 21.4. The summed E-state index contributed by atoms with van der Waals surface area (Å²) in [5.41, 5.74) is -0.734. The van der Waals surface area contributed by atoms with Gasteiger partial charge in [-0.2, -0.15) is 18.3 Å². The van der Waals surface area contributed by atoms with Crippen molar-refractivity contribution in [3.63, 3.8) is 0 Å². The Hall–Kier alpha value is -3.02. The average Bonchev–Trinajstić information content (AvgIpc) is 3.08. The molecule has 2 heterocycles. The Balaban J connectivity index is 1.19. The molecule has 3 N–H and O–H groups in total. The van der Waals surface area contributed by atoms with E-state index in [4.69, 9.17) is 4.74 Å². The van der Waals surface area contributed by atoms with Gasteiger partial charge in [0.25, 0.3) is 0 Å². The molecule has 204 valence electrons. The van der Waals surface area contributed by atoms with Crippen LogP contribution < -0.4 is 16.0 Å². The summed E-state index contributed by atoms with van der Waals surface area (Å²) < 4.78 is 46.1. The first kappa shape index (κ1) is 27.0. The fourth-order valence-corrected chi connectivity index (χ4v) is 4.98. The number of ether oxygens (including phenoxy) is 1. The number of nitrogens with zero attached hydrogens (tertiary/aromatic N) is 3. The maximum atomic E-state index is 13.1. The first-order valence-electron chi connectivity index (χ1n) is 12.6. The van der Waals surface area contributed by atoms with Crippen molar-refractivity contribution in [2.75, 3.05) is 25.0 Å². The van der Waals surface area contributed by atoms with Crippen LogP contribution in [0.2, 0.25) is 0 Å². The Morgan fingerprint density at radius 2 is 1.73 bits per heavy atom. The number of halogens is 3. The van der Waals surface area contributed by atoms with Crippen LogP contribution >= 0.6 is 0 Å². The maximum Gasteiger partial charge on any atom is 0.416 e. The van der Waals surface area contributed by atoms with Crippen molar-refractivity contribution in [3.8, 4) is 0 Å². The molecule has 9 nitrogen and oxygen atoms in total. The lowest BCUT2D eigenvalue weighted by Crippen LogP contribution is -2.63. The minimum absolute atomic E-state index is 0.0317. The fourth-order valence-electron chi connectivity index (χ4n) is 4.98. The number of alkyl carbamates (subject to hydrolysis) is 1. The standard InChI is InChI=1S/C25H35F3N6O3/c1-24(2,3)37-23(36)31-16-6-8-18(9-7-16)34-13-17(14-34)30-21(35)12-29-22-19-11-15(25(26,27)28)5-10-20(19)33(4)32-22/h5,10-11,16-18H,6-9,12-14H2,1-4H3,(H,29,32)(H,30,35)(H,31,36). The van der Waals surface area contributed by atoms with E-state index in [0.717, 1.165) is 50.9 Å². The van der Waals surface area contributed by atoms with Gasteiger partial charge in [-0.05, 0) is 64.7 Å². The number of amides is 2. The van der Waals surface area contributed by atoms with Crippen LogP contribution in [-0.2, 0) is 22.8 Å². The van der Waals surface area contributed by atoms with Crippen molar-refractivity contribution in [1.29, 1.82) is 0 Å². The molecule has 1 saturated carbocycles. The van der Waals surface area contributed by atoms with Crippen molar-refractivity contribution < 1.29 is 27.5 Å². The zero-order valence-corrected chi connectivity index (χ0v) is 21.6. The van der Waals surface area contributed by atoms with Crippen LogP contribution in [-0.4, -0.2) is 70.0 Å². The van der Waals surface area contributed by atoms with Crippen LogP contribution in [0.1, 0.15) is 52.0 Å². The summed E-state index contributed by atoms with van der Waals surface area (Å²) in [6, 6.07) is 4.01. The number of anilines is 1. The number of benzene rings is 1. The monoisotopic (exact) mass is 524 g/mol. The molecule has 37 heavy (non-hydrogen) atoms. The number of alkyl halides is 3. The molecule has 0 atom stereocenters. The lowest BCUT2D eigenvalue weighted by molar-refractivity contribution is -0.137. The van der Waals surface area contributed by atoms with Crippen molar-refractivity contribution >= 4 is 28.7 Å². The molecule has 0 spiro atoms.